The zero-order valence-electron chi connectivity index (χ0n) is 8.94. The second-order valence-corrected chi connectivity index (χ2v) is 3.47. The molecule has 1 aromatic rings. The van der Waals surface area contributed by atoms with Crippen molar-refractivity contribution < 1.29 is 4.74 Å². The first kappa shape index (κ1) is 11.5. The van der Waals surface area contributed by atoms with Gasteiger partial charge in [-0.2, -0.15) is 5.26 Å². The molecule has 1 aromatic carbocycles. The van der Waals surface area contributed by atoms with E-state index in [1.165, 1.54) is 0 Å². The largest absolute Gasteiger partial charge is 0.494 e. The molecule has 0 radical (unpaired) electrons. The fraction of sp³-hybridized carbons (Fsp3) is 0.417. The molecule has 0 aliphatic carbocycles. The Morgan fingerprint density at radius 2 is 2.33 bits per heavy atom. The van der Waals surface area contributed by atoms with E-state index in [-0.39, 0.29) is 6.04 Å². The smallest absolute Gasteiger partial charge is 0.119 e. The molecule has 3 heteroatoms. The quantitative estimate of drug-likeness (QED) is 0.749. The molecule has 3 nitrogen and oxygen atoms in total. The van der Waals surface area contributed by atoms with E-state index < -0.39 is 0 Å². The molecular weight excluding hydrogens is 188 g/mol. The Bertz CT molecular complexity index is 342. The summed E-state index contributed by atoms with van der Waals surface area (Å²) < 4.78 is 5.49. The van der Waals surface area contributed by atoms with Crippen LogP contribution in [0, 0.1) is 11.3 Å². The molecule has 0 saturated carbocycles. The van der Waals surface area contributed by atoms with Gasteiger partial charge in [-0.1, -0.05) is 12.1 Å². The second-order valence-electron chi connectivity index (χ2n) is 3.47. The first-order chi connectivity index (χ1) is 7.24. The van der Waals surface area contributed by atoms with Crippen LogP contribution in [0.15, 0.2) is 24.3 Å². The number of rotatable bonds is 5. The van der Waals surface area contributed by atoms with E-state index in [9.17, 15) is 0 Å². The minimum atomic E-state index is 0.0210. The van der Waals surface area contributed by atoms with Crippen LogP contribution in [0.5, 0.6) is 5.75 Å². The number of nitrogens with two attached hydrogens (primary N) is 1. The van der Waals surface area contributed by atoms with Crippen molar-refractivity contribution in [3.8, 4) is 11.8 Å². The molecule has 15 heavy (non-hydrogen) atoms. The highest BCUT2D eigenvalue weighted by Crippen LogP contribution is 2.17. The van der Waals surface area contributed by atoms with Crippen molar-refractivity contribution in [3.05, 3.63) is 29.8 Å². The minimum absolute atomic E-state index is 0.0210. The van der Waals surface area contributed by atoms with Gasteiger partial charge in [0.25, 0.3) is 0 Å². The summed E-state index contributed by atoms with van der Waals surface area (Å²) in [6.07, 6.45) is 1.30. The van der Waals surface area contributed by atoms with E-state index in [0.29, 0.717) is 13.0 Å². The van der Waals surface area contributed by atoms with Crippen molar-refractivity contribution >= 4 is 0 Å². The highest BCUT2D eigenvalue weighted by atomic mass is 16.5. The summed E-state index contributed by atoms with van der Waals surface area (Å²) >= 11 is 0. The van der Waals surface area contributed by atoms with Crippen molar-refractivity contribution in [2.75, 3.05) is 6.61 Å². The first-order valence-electron chi connectivity index (χ1n) is 5.09. The number of nitrogens with zero attached hydrogens (tertiary/aromatic N) is 1. The number of unbranched alkanes of at least 4 members (excludes halogenated alkanes) is 1. The average molecular weight is 204 g/mol. The fourth-order valence-electron chi connectivity index (χ4n) is 1.23. The molecular formula is C12H16N2O. The van der Waals surface area contributed by atoms with Gasteiger partial charge >= 0.3 is 0 Å². The molecule has 0 saturated heterocycles. The Labute approximate surface area is 90.5 Å². The van der Waals surface area contributed by atoms with Crippen molar-refractivity contribution in [1.29, 1.82) is 5.26 Å². The van der Waals surface area contributed by atoms with Crippen molar-refractivity contribution in [2.45, 2.75) is 25.8 Å². The summed E-state index contributed by atoms with van der Waals surface area (Å²) in [7, 11) is 0. The number of hydrogen-bond acceptors (Lipinski definition) is 3. The third-order valence-electron chi connectivity index (χ3n) is 2.09. The molecule has 80 valence electrons. The van der Waals surface area contributed by atoms with Gasteiger partial charge in [0.1, 0.15) is 5.75 Å². The zero-order valence-corrected chi connectivity index (χ0v) is 8.94. The highest BCUT2D eigenvalue weighted by molar-refractivity contribution is 5.30. The van der Waals surface area contributed by atoms with Gasteiger partial charge in [0.2, 0.25) is 0 Å². The monoisotopic (exact) mass is 204 g/mol. The summed E-state index contributed by atoms with van der Waals surface area (Å²) in [4.78, 5) is 0. The maximum atomic E-state index is 8.36. The molecule has 0 aliphatic heterocycles. The first-order valence-corrected chi connectivity index (χ1v) is 5.09. The molecule has 0 aliphatic rings. The van der Waals surface area contributed by atoms with E-state index in [1.54, 1.807) is 0 Å². The summed E-state index contributed by atoms with van der Waals surface area (Å²) in [6.45, 7) is 2.52. The van der Waals surface area contributed by atoms with Crippen LogP contribution in [0.2, 0.25) is 0 Å². The minimum Gasteiger partial charge on any atom is -0.494 e. The molecule has 0 unspecified atom stereocenters. The van der Waals surface area contributed by atoms with E-state index in [0.717, 1.165) is 17.7 Å². The standard InChI is InChI=1S/C12H16N2O/c1-10(14)11-5-4-6-12(9-11)15-8-3-2-7-13/h4-6,9-10H,2-3,8,14H2,1H3/t10-/m0/s1. The average Bonchev–Trinajstić information content (AvgIpc) is 2.25. The van der Waals surface area contributed by atoms with Gasteiger partial charge in [-0.25, -0.2) is 0 Å². The van der Waals surface area contributed by atoms with Crippen LogP contribution in [0.1, 0.15) is 31.4 Å². The molecule has 1 atom stereocenters. The van der Waals surface area contributed by atoms with Crippen LogP contribution in [0.4, 0.5) is 0 Å². The number of benzene rings is 1. The lowest BCUT2D eigenvalue weighted by molar-refractivity contribution is 0.312. The summed E-state index contributed by atoms with van der Waals surface area (Å²) in [5, 5.41) is 8.36. The zero-order chi connectivity index (χ0) is 11.1. The van der Waals surface area contributed by atoms with E-state index in [4.69, 9.17) is 15.7 Å². The van der Waals surface area contributed by atoms with Gasteiger partial charge in [-0.3, -0.25) is 0 Å². The van der Waals surface area contributed by atoms with Crippen LogP contribution in [-0.4, -0.2) is 6.61 Å². The molecule has 1 rings (SSSR count). The van der Waals surface area contributed by atoms with Crippen LogP contribution < -0.4 is 10.5 Å². The summed E-state index contributed by atoms with van der Waals surface area (Å²) in [5.41, 5.74) is 6.82. The Morgan fingerprint density at radius 3 is 3.00 bits per heavy atom. The molecule has 0 spiro atoms. The van der Waals surface area contributed by atoms with E-state index in [1.807, 2.05) is 31.2 Å². The molecule has 2 N–H and O–H groups in total. The topological polar surface area (TPSA) is 59.0 Å². The maximum absolute atomic E-state index is 8.36. The Morgan fingerprint density at radius 1 is 1.53 bits per heavy atom. The Balaban J connectivity index is 2.48. The van der Waals surface area contributed by atoms with Crippen LogP contribution >= 0.6 is 0 Å². The van der Waals surface area contributed by atoms with Gasteiger partial charge in [0.15, 0.2) is 0 Å². The maximum Gasteiger partial charge on any atom is 0.119 e. The molecule has 0 aromatic heterocycles. The molecule has 0 heterocycles. The SMILES string of the molecule is C[C@H](N)c1cccc(OCCCC#N)c1. The Hall–Kier alpha value is -1.53. The normalized spacial score (nSPS) is 11.8. The van der Waals surface area contributed by atoms with E-state index in [2.05, 4.69) is 6.07 Å². The number of ether oxygens (including phenoxy) is 1. The lowest BCUT2D eigenvalue weighted by Crippen LogP contribution is -2.05. The lowest BCUT2D eigenvalue weighted by atomic mass is 10.1. The van der Waals surface area contributed by atoms with Crippen LogP contribution in [0.25, 0.3) is 0 Å². The molecule has 0 bridgehead atoms. The van der Waals surface area contributed by atoms with Crippen molar-refractivity contribution in [1.82, 2.24) is 0 Å². The van der Waals surface area contributed by atoms with Crippen molar-refractivity contribution in [3.63, 3.8) is 0 Å². The predicted molar refractivity (Wildman–Crippen MR) is 59.4 cm³/mol. The van der Waals surface area contributed by atoms with Gasteiger partial charge in [-0.15, -0.1) is 0 Å². The summed E-state index contributed by atoms with van der Waals surface area (Å²) in [6, 6.07) is 9.85. The van der Waals surface area contributed by atoms with Crippen molar-refractivity contribution in [2.24, 2.45) is 5.73 Å². The second kappa shape index (κ2) is 6.05. The van der Waals surface area contributed by atoms with Gasteiger partial charge in [0, 0.05) is 12.5 Å². The number of nitriles is 1. The third-order valence-corrected chi connectivity index (χ3v) is 2.09. The van der Waals surface area contributed by atoms with Crippen LogP contribution in [-0.2, 0) is 0 Å². The predicted octanol–water partition coefficient (Wildman–Crippen LogP) is 2.39. The van der Waals surface area contributed by atoms with Crippen LogP contribution in [0.3, 0.4) is 0 Å². The molecule has 0 amide bonds. The van der Waals surface area contributed by atoms with Gasteiger partial charge in [-0.05, 0) is 31.0 Å². The summed E-state index contributed by atoms with van der Waals surface area (Å²) in [5.74, 6) is 0.822. The third kappa shape index (κ3) is 4.01. The number of hydrogen-bond donors (Lipinski definition) is 1. The lowest BCUT2D eigenvalue weighted by Gasteiger charge is -2.09. The van der Waals surface area contributed by atoms with Gasteiger partial charge < -0.3 is 10.5 Å². The fourth-order valence-corrected chi connectivity index (χ4v) is 1.23. The Kier molecular flexibility index (Phi) is 4.65. The molecule has 0 fully saturated rings. The van der Waals surface area contributed by atoms with E-state index >= 15 is 0 Å². The highest BCUT2D eigenvalue weighted by Gasteiger charge is 2.00. The van der Waals surface area contributed by atoms with Gasteiger partial charge in [0.05, 0.1) is 12.7 Å².